The van der Waals surface area contributed by atoms with Crippen molar-refractivity contribution in [1.29, 1.82) is 0 Å². The van der Waals surface area contributed by atoms with E-state index in [1.165, 1.54) is 0 Å². The van der Waals surface area contributed by atoms with Crippen LogP contribution in [0.3, 0.4) is 0 Å². The number of hydrogen-bond donors (Lipinski definition) is 0. The van der Waals surface area contributed by atoms with E-state index < -0.39 is 9.18 Å². The summed E-state index contributed by atoms with van der Waals surface area (Å²) in [7, 11) is -0.683. The van der Waals surface area contributed by atoms with Gasteiger partial charge in [-0.2, -0.15) is 0 Å². The first-order chi connectivity index (χ1) is 1.73. The van der Waals surface area contributed by atoms with Crippen molar-refractivity contribution in [2.45, 2.75) is 0 Å². The van der Waals surface area contributed by atoms with Crippen LogP contribution in [0.15, 0.2) is 0 Å². The molecule has 0 aliphatic carbocycles. The van der Waals surface area contributed by atoms with Gasteiger partial charge in [0.05, 0.1) is 0 Å². The summed E-state index contributed by atoms with van der Waals surface area (Å²) in [6.45, 7) is 0. The molecule has 0 heterocycles. The predicted octanol–water partition coefficient (Wildman–Crippen LogP) is 2.73. The van der Waals surface area contributed by atoms with E-state index in [1.807, 2.05) is 0 Å². The molecular formula is CH3BiI3. The minimum absolute atomic E-state index is 0. The van der Waals surface area contributed by atoms with Gasteiger partial charge in [-0.3, -0.25) is 0 Å². The average Bonchev–Trinajstić information content (AvgIpc) is 0.811. The maximum atomic E-state index is 2.52. The molecule has 0 unspecified atom stereocenters. The van der Waals surface area contributed by atoms with Crippen LogP contribution in [0, 0.1) is 7.43 Å². The van der Waals surface area contributed by atoms with Crippen LogP contribution in [0.1, 0.15) is 0 Å². The fourth-order valence-electron chi connectivity index (χ4n) is 0. The molecule has 0 N–H and O–H groups in total. The number of hydrogen-bond acceptors (Lipinski definition) is 0. The predicted molar refractivity (Wildman–Crippen MR) is 54.2 cm³/mol. The molecule has 0 aromatic rings. The van der Waals surface area contributed by atoms with Crippen LogP contribution in [0.5, 0.6) is 0 Å². The molecule has 5 heavy (non-hydrogen) atoms. The van der Waals surface area contributed by atoms with Crippen LogP contribution >= 0.6 is 54.1 Å². The van der Waals surface area contributed by atoms with E-state index in [0.717, 1.165) is 0 Å². The van der Waals surface area contributed by atoms with Crippen molar-refractivity contribution in [3.8, 4) is 0 Å². The summed E-state index contributed by atoms with van der Waals surface area (Å²) in [5, 5.41) is 0. The Morgan fingerprint density at radius 1 is 1.00 bits per heavy atom. The summed E-state index contributed by atoms with van der Waals surface area (Å²) in [6, 6.07) is 0. The van der Waals surface area contributed by atoms with Gasteiger partial charge in [0.15, 0.2) is 0 Å². The number of halogens is 3. The summed E-state index contributed by atoms with van der Waals surface area (Å²) >= 11 is 7.56. The zero-order chi connectivity index (χ0) is 3.58. The normalized spacial score (nSPS) is 7.20. The summed E-state index contributed by atoms with van der Waals surface area (Å²) in [4.78, 5) is 0. The van der Waals surface area contributed by atoms with Crippen LogP contribution in [0.2, 0.25) is 0 Å². The first-order valence-corrected chi connectivity index (χ1v) is 29.8. The van der Waals surface area contributed by atoms with Crippen LogP contribution in [-0.2, 0) is 0 Å². The van der Waals surface area contributed by atoms with Crippen molar-refractivity contribution in [2.24, 2.45) is 0 Å². The summed E-state index contributed by atoms with van der Waals surface area (Å²) in [5.41, 5.74) is 0. The number of rotatable bonds is 0. The van der Waals surface area contributed by atoms with Gasteiger partial charge in [0.2, 0.25) is 0 Å². The van der Waals surface area contributed by atoms with E-state index in [9.17, 15) is 0 Å². The third-order valence-corrected chi connectivity index (χ3v) is 0. The molecule has 4 heteroatoms. The standard InChI is InChI=1S/CH3.Bi.3HI/h1H3;;3*1H/q;+3;;;/p-3. The molecule has 1 radical (unpaired) electrons. The van der Waals surface area contributed by atoms with Crippen molar-refractivity contribution in [1.82, 2.24) is 0 Å². The molecule has 0 saturated heterocycles. The van der Waals surface area contributed by atoms with Crippen LogP contribution in [0.4, 0.5) is 0 Å². The van der Waals surface area contributed by atoms with E-state index in [4.69, 9.17) is 0 Å². The Morgan fingerprint density at radius 3 is 1.00 bits per heavy atom. The summed E-state index contributed by atoms with van der Waals surface area (Å²) < 4.78 is 0. The topological polar surface area (TPSA) is 0 Å². The van der Waals surface area contributed by atoms with Crippen molar-refractivity contribution < 1.29 is 0 Å². The van der Waals surface area contributed by atoms with Crippen molar-refractivity contribution in [3.63, 3.8) is 0 Å². The molecule has 0 saturated carbocycles. The molecule has 0 fully saturated rings. The molecule has 0 amide bonds. The van der Waals surface area contributed by atoms with Crippen LogP contribution in [0.25, 0.3) is 0 Å². The monoisotopic (exact) mass is 605 g/mol. The molecule has 0 atom stereocenters. The molecule has 0 aliphatic heterocycles. The van der Waals surface area contributed by atoms with Crippen molar-refractivity contribution in [2.75, 3.05) is 0 Å². The van der Waals surface area contributed by atoms with E-state index in [-0.39, 0.29) is 7.43 Å². The van der Waals surface area contributed by atoms with Gasteiger partial charge in [-0.15, -0.1) is 0 Å². The molecule has 0 nitrogen and oxygen atoms in total. The summed E-state index contributed by atoms with van der Waals surface area (Å²) in [6.07, 6.45) is 0. The average molecular weight is 605 g/mol. The van der Waals surface area contributed by atoms with E-state index in [2.05, 4.69) is 54.1 Å². The maximum absolute atomic E-state index is 2.52. The molecule has 0 aromatic heterocycles. The second kappa shape index (κ2) is 7.07. The van der Waals surface area contributed by atoms with E-state index in [0.29, 0.717) is 0 Å². The van der Waals surface area contributed by atoms with Gasteiger partial charge >= 0.3 is 63.3 Å². The summed E-state index contributed by atoms with van der Waals surface area (Å²) in [5.74, 6) is 0. The molecular weight excluding hydrogens is 602 g/mol. The molecule has 0 spiro atoms. The molecule has 0 bridgehead atoms. The third kappa shape index (κ3) is 19.3. The Morgan fingerprint density at radius 2 is 1.00 bits per heavy atom. The van der Waals surface area contributed by atoms with E-state index in [1.54, 1.807) is 0 Å². The SMILES string of the molecule is [CH3].[I][Bi]([I])[I]. The van der Waals surface area contributed by atoms with Gasteiger partial charge < -0.3 is 0 Å². The quantitative estimate of drug-likeness (QED) is 0.295. The zero-order valence-electron chi connectivity index (χ0n) is 2.58. The minimum atomic E-state index is -0.683. The Hall–Kier alpha value is 3.07. The Labute approximate surface area is 68.6 Å². The van der Waals surface area contributed by atoms with Gasteiger partial charge in [-0.25, -0.2) is 0 Å². The fraction of sp³-hybridized carbons (Fsp3) is 0. The second-order valence-corrected chi connectivity index (χ2v) is 75.7. The van der Waals surface area contributed by atoms with Gasteiger partial charge in [0.1, 0.15) is 0 Å². The second-order valence-electron chi connectivity index (χ2n) is 0.192. The molecule has 0 aliphatic rings. The van der Waals surface area contributed by atoms with Gasteiger partial charge in [0, 0.05) is 0 Å². The Bertz CT molecular complexity index is 11.6. The van der Waals surface area contributed by atoms with E-state index >= 15 is 0 Å². The Balaban J connectivity index is 0. The van der Waals surface area contributed by atoms with Gasteiger partial charge in [0.25, 0.3) is 0 Å². The van der Waals surface area contributed by atoms with Gasteiger partial charge in [-0.05, 0) is 0 Å². The first-order valence-electron chi connectivity index (χ1n) is 0.507. The third-order valence-electron chi connectivity index (χ3n) is 0. The van der Waals surface area contributed by atoms with Crippen molar-refractivity contribution >= 4 is 63.3 Å². The molecule has 0 aromatic carbocycles. The van der Waals surface area contributed by atoms with Crippen molar-refractivity contribution in [3.05, 3.63) is 7.43 Å². The van der Waals surface area contributed by atoms with Gasteiger partial charge in [-0.1, -0.05) is 7.43 Å². The fourth-order valence-corrected chi connectivity index (χ4v) is 0. The molecule has 0 rings (SSSR count). The first kappa shape index (κ1) is 11.0. The molecule has 33 valence electrons. The van der Waals surface area contributed by atoms with Crippen LogP contribution in [-0.4, -0.2) is 9.18 Å². The Kier molecular flexibility index (Phi) is 15.5. The zero-order valence-corrected chi connectivity index (χ0v) is 12.5. The van der Waals surface area contributed by atoms with Crippen LogP contribution < -0.4 is 0 Å².